The van der Waals surface area contributed by atoms with E-state index >= 15 is 0 Å². The first kappa shape index (κ1) is 16.6. The maximum absolute atomic E-state index is 13.0. The molecule has 0 fully saturated rings. The molecule has 2 nitrogen and oxygen atoms in total. The lowest BCUT2D eigenvalue weighted by molar-refractivity contribution is 0.343. The van der Waals surface area contributed by atoms with Crippen LogP contribution in [0.1, 0.15) is 25.8 Å². The summed E-state index contributed by atoms with van der Waals surface area (Å²) in [7, 11) is 1.62. The summed E-state index contributed by atoms with van der Waals surface area (Å²) in [5.41, 5.74) is 0.959. The minimum atomic E-state index is -0.190. The lowest BCUT2D eigenvalue weighted by Gasteiger charge is -2.09. The van der Waals surface area contributed by atoms with Crippen LogP contribution in [-0.4, -0.2) is 18.8 Å². The molecule has 1 aromatic carbocycles. The minimum absolute atomic E-state index is 0.0833. The van der Waals surface area contributed by atoms with Gasteiger partial charge in [0, 0.05) is 0 Å². The molecule has 1 N–H and O–H groups in total. The highest BCUT2D eigenvalue weighted by molar-refractivity contribution is 5.33. The van der Waals surface area contributed by atoms with Crippen LogP contribution < -0.4 is 4.74 Å². The minimum Gasteiger partial charge on any atom is -0.496 e. The van der Waals surface area contributed by atoms with E-state index in [1.807, 2.05) is 0 Å². The van der Waals surface area contributed by atoms with Crippen molar-refractivity contribution in [2.45, 2.75) is 26.7 Å². The van der Waals surface area contributed by atoms with Crippen LogP contribution in [0.15, 0.2) is 30.9 Å². The van der Waals surface area contributed by atoms with Gasteiger partial charge in [-0.25, -0.2) is 4.39 Å². The van der Waals surface area contributed by atoms with E-state index in [-0.39, 0.29) is 12.4 Å². The van der Waals surface area contributed by atoms with E-state index in [0.29, 0.717) is 5.92 Å². The Morgan fingerprint density at radius 3 is 2.50 bits per heavy atom. The van der Waals surface area contributed by atoms with Crippen molar-refractivity contribution in [1.29, 1.82) is 0 Å². The first-order valence-corrected chi connectivity index (χ1v) is 6.09. The van der Waals surface area contributed by atoms with Gasteiger partial charge in [0.2, 0.25) is 0 Å². The third-order valence-corrected chi connectivity index (χ3v) is 2.36. The maximum Gasteiger partial charge on any atom is 0.123 e. The van der Waals surface area contributed by atoms with Gasteiger partial charge in [0.15, 0.2) is 0 Å². The number of aliphatic hydroxyl groups is 1. The van der Waals surface area contributed by atoms with Gasteiger partial charge in [-0.1, -0.05) is 19.9 Å². The first-order valence-electron chi connectivity index (χ1n) is 6.09. The Morgan fingerprint density at radius 2 is 2.06 bits per heavy atom. The fourth-order valence-electron chi connectivity index (χ4n) is 1.39. The molecule has 1 rings (SSSR count). The number of aryl methyl sites for hydroxylation is 1. The van der Waals surface area contributed by atoms with Crippen molar-refractivity contribution in [2.24, 2.45) is 5.92 Å². The van der Waals surface area contributed by atoms with Gasteiger partial charge in [-0.15, -0.1) is 6.58 Å². The normalized spacial score (nSPS) is 9.67. The van der Waals surface area contributed by atoms with Gasteiger partial charge >= 0.3 is 0 Å². The van der Waals surface area contributed by atoms with Gasteiger partial charge in [-0.2, -0.15) is 0 Å². The van der Waals surface area contributed by atoms with Gasteiger partial charge in [0.05, 0.1) is 13.7 Å². The van der Waals surface area contributed by atoms with Crippen molar-refractivity contribution in [2.75, 3.05) is 13.7 Å². The second-order valence-corrected chi connectivity index (χ2v) is 4.36. The number of hydrogen-bond donors (Lipinski definition) is 1. The first-order chi connectivity index (χ1) is 8.54. The quantitative estimate of drug-likeness (QED) is 0.814. The molecule has 0 aromatic heterocycles. The zero-order chi connectivity index (χ0) is 14.0. The smallest absolute Gasteiger partial charge is 0.123 e. The third kappa shape index (κ3) is 7.07. The summed E-state index contributed by atoms with van der Waals surface area (Å²) >= 11 is 0. The van der Waals surface area contributed by atoms with E-state index in [2.05, 4.69) is 20.4 Å². The van der Waals surface area contributed by atoms with Gasteiger partial charge in [0.1, 0.15) is 11.6 Å². The molecule has 3 heteroatoms. The lowest BCUT2D eigenvalue weighted by atomic mass is 10.0. The summed E-state index contributed by atoms with van der Waals surface area (Å²) < 4.78 is 18.1. The molecule has 0 saturated heterocycles. The zero-order valence-corrected chi connectivity index (χ0v) is 11.4. The third-order valence-electron chi connectivity index (χ3n) is 2.36. The van der Waals surface area contributed by atoms with E-state index in [1.54, 1.807) is 19.2 Å². The lowest BCUT2D eigenvalue weighted by Crippen LogP contribution is -1.96. The van der Waals surface area contributed by atoms with Gasteiger partial charge in [-0.3, -0.25) is 0 Å². The molecule has 0 radical (unpaired) electrons. The molecule has 0 bridgehead atoms. The highest BCUT2D eigenvalue weighted by Gasteiger charge is 2.05. The van der Waals surface area contributed by atoms with Crippen molar-refractivity contribution in [3.8, 4) is 5.75 Å². The molecule has 102 valence electrons. The molecular weight excluding hydrogens is 231 g/mol. The number of halogens is 1. The summed E-state index contributed by atoms with van der Waals surface area (Å²) in [6, 6.07) is 4.67. The monoisotopic (exact) mass is 254 g/mol. The fourth-order valence-corrected chi connectivity index (χ4v) is 1.39. The van der Waals surface area contributed by atoms with E-state index < -0.39 is 0 Å². The molecule has 0 amide bonds. The van der Waals surface area contributed by atoms with Crippen LogP contribution in [0.25, 0.3) is 0 Å². The summed E-state index contributed by atoms with van der Waals surface area (Å²) in [6.45, 7) is 7.63. The van der Waals surface area contributed by atoms with Crippen LogP contribution in [0, 0.1) is 11.7 Å². The second-order valence-electron chi connectivity index (χ2n) is 4.36. The predicted octanol–water partition coefficient (Wildman–Crippen LogP) is 3.59. The fraction of sp³-hybridized carbons (Fsp3) is 0.467. The molecule has 18 heavy (non-hydrogen) atoms. The molecule has 0 saturated carbocycles. The summed E-state index contributed by atoms with van der Waals surface area (Å²) in [5.74, 6) is 1.22. The van der Waals surface area contributed by atoms with Crippen LogP contribution in [0.4, 0.5) is 4.39 Å². The van der Waals surface area contributed by atoms with Gasteiger partial charge < -0.3 is 9.84 Å². The van der Waals surface area contributed by atoms with Crippen molar-refractivity contribution in [1.82, 2.24) is 0 Å². The number of ether oxygens (including phenoxy) is 1. The van der Waals surface area contributed by atoms with Gasteiger partial charge in [0.25, 0.3) is 0 Å². The zero-order valence-electron chi connectivity index (χ0n) is 11.4. The molecule has 0 unspecified atom stereocenters. The Hall–Kier alpha value is -1.35. The van der Waals surface area contributed by atoms with E-state index in [9.17, 15) is 4.39 Å². The molecule has 0 heterocycles. The Balaban J connectivity index is 0.000000631. The topological polar surface area (TPSA) is 29.5 Å². The Kier molecular flexibility index (Phi) is 8.93. The van der Waals surface area contributed by atoms with E-state index in [0.717, 1.165) is 24.2 Å². The van der Waals surface area contributed by atoms with Crippen LogP contribution in [0.5, 0.6) is 5.75 Å². The number of aliphatic hydroxyl groups excluding tert-OH is 1. The molecular formula is C15H23FO2. The van der Waals surface area contributed by atoms with Crippen LogP contribution in [0.3, 0.4) is 0 Å². The average Bonchev–Trinajstić information content (AvgIpc) is 2.36. The van der Waals surface area contributed by atoms with E-state index in [1.165, 1.54) is 12.1 Å². The average molecular weight is 254 g/mol. The summed E-state index contributed by atoms with van der Waals surface area (Å²) in [4.78, 5) is 0. The Bertz CT molecular complexity index is 348. The number of hydrogen-bond acceptors (Lipinski definition) is 2. The standard InChI is InChI=1S/C12H17FO.C3H6O/c1-9(2)4-5-10-8-11(13)6-7-12(10)14-3;1-2-3-4/h6-9H,4-5H2,1-3H3;2,4H,1,3H2. The maximum atomic E-state index is 13.0. The molecule has 0 aliphatic heterocycles. The van der Waals surface area contributed by atoms with Crippen LogP contribution in [0.2, 0.25) is 0 Å². The summed E-state index contributed by atoms with van der Waals surface area (Å²) in [5, 5.41) is 7.76. The largest absolute Gasteiger partial charge is 0.496 e. The number of rotatable bonds is 5. The van der Waals surface area contributed by atoms with Crippen molar-refractivity contribution in [3.05, 3.63) is 42.2 Å². The highest BCUT2D eigenvalue weighted by atomic mass is 19.1. The second kappa shape index (κ2) is 9.66. The molecule has 0 spiro atoms. The SMILES string of the molecule is C=CCO.COc1ccc(F)cc1CCC(C)C. The van der Waals surface area contributed by atoms with Crippen molar-refractivity contribution < 1.29 is 14.2 Å². The van der Waals surface area contributed by atoms with Crippen molar-refractivity contribution >= 4 is 0 Å². The molecule has 0 aliphatic carbocycles. The van der Waals surface area contributed by atoms with E-state index in [4.69, 9.17) is 9.84 Å². The molecule has 1 aromatic rings. The number of methoxy groups -OCH3 is 1. The van der Waals surface area contributed by atoms with Crippen molar-refractivity contribution in [3.63, 3.8) is 0 Å². The predicted molar refractivity (Wildman–Crippen MR) is 73.4 cm³/mol. The van der Waals surface area contributed by atoms with Gasteiger partial charge in [-0.05, 0) is 42.5 Å². The highest BCUT2D eigenvalue weighted by Crippen LogP contribution is 2.21. The Labute approximate surface area is 109 Å². The number of benzene rings is 1. The summed E-state index contributed by atoms with van der Waals surface area (Å²) in [6.07, 6.45) is 3.36. The van der Waals surface area contributed by atoms with Crippen LogP contribution >= 0.6 is 0 Å². The van der Waals surface area contributed by atoms with Crippen LogP contribution in [-0.2, 0) is 6.42 Å². The molecule has 0 atom stereocenters. The molecule has 0 aliphatic rings. The Morgan fingerprint density at radius 1 is 1.44 bits per heavy atom.